The minimum atomic E-state index is -0.485. The molecule has 0 spiro atoms. The van der Waals surface area contributed by atoms with Gasteiger partial charge in [0.15, 0.2) is 5.13 Å². The molecule has 98 valence electrons. The second-order valence-corrected chi connectivity index (χ2v) is 5.65. The van der Waals surface area contributed by atoms with Gasteiger partial charge in [0.1, 0.15) is 5.02 Å². The van der Waals surface area contributed by atoms with E-state index in [1.807, 2.05) is 5.38 Å². The molecule has 0 bridgehead atoms. The summed E-state index contributed by atoms with van der Waals surface area (Å²) in [5.41, 5.74) is 1.34. The van der Waals surface area contributed by atoms with Gasteiger partial charge in [0.25, 0.3) is 5.69 Å². The van der Waals surface area contributed by atoms with E-state index >= 15 is 0 Å². The van der Waals surface area contributed by atoms with Gasteiger partial charge in [-0.05, 0) is 18.9 Å². The van der Waals surface area contributed by atoms with E-state index in [1.165, 1.54) is 36.3 Å². The number of hydrogen-bond donors (Lipinski definition) is 1. The molecular weight excluding hydrogens is 286 g/mol. The summed E-state index contributed by atoms with van der Waals surface area (Å²) in [6.45, 7) is 0. The lowest BCUT2D eigenvalue weighted by molar-refractivity contribution is -0.384. The van der Waals surface area contributed by atoms with Crippen molar-refractivity contribution < 1.29 is 4.92 Å². The largest absolute Gasteiger partial charge is 0.359 e. The topological polar surface area (TPSA) is 68.1 Å². The molecule has 0 aliphatic heterocycles. The summed E-state index contributed by atoms with van der Waals surface area (Å²) in [4.78, 5) is 14.8. The predicted molar refractivity (Wildman–Crippen MR) is 75.9 cm³/mol. The number of nitro benzene ring substituents is 1. The number of rotatable bonds is 4. The number of aromatic nitrogens is 1. The number of hydrogen-bond acceptors (Lipinski definition) is 5. The van der Waals surface area contributed by atoms with E-state index in [0.29, 0.717) is 11.6 Å². The molecule has 1 saturated carbocycles. The van der Waals surface area contributed by atoms with Gasteiger partial charge in [-0.15, -0.1) is 11.3 Å². The van der Waals surface area contributed by atoms with Gasteiger partial charge < -0.3 is 5.32 Å². The van der Waals surface area contributed by atoms with E-state index in [2.05, 4.69) is 10.3 Å². The Hall–Kier alpha value is -1.66. The van der Waals surface area contributed by atoms with Crippen molar-refractivity contribution in [2.75, 3.05) is 5.32 Å². The van der Waals surface area contributed by atoms with Gasteiger partial charge in [-0.2, -0.15) is 0 Å². The molecule has 0 saturated heterocycles. The number of benzene rings is 1. The number of nitrogens with zero attached hydrogens (tertiary/aromatic N) is 2. The smallest absolute Gasteiger partial charge is 0.288 e. The molecule has 19 heavy (non-hydrogen) atoms. The van der Waals surface area contributed by atoms with Crippen LogP contribution >= 0.6 is 22.9 Å². The highest BCUT2D eigenvalue weighted by molar-refractivity contribution is 7.14. The second kappa shape index (κ2) is 4.79. The fourth-order valence-electron chi connectivity index (χ4n) is 1.69. The van der Waals surface area contributed by atoms with Crippen LogP contribution in [0.2, 0.25) is 5.02 Å². The second-order valence-electron chi connectivity index (χ2n) is 4.38. The standard InChI is InChI=1S/C12H10ClN3O2S/c13-9-4-1-7(5-11(9)16(17)18)10-6-19-12(15-10)14-8-2-3-8/h1,4-6,8H,2-3H2,(H,14,15). The average Bonchev–Trinajstić information content (AvgIpc) is 3.06. The molecule has 1 fully saturated rings. The fourth-order valence-corrected chi connectivity index (χ4v) is 2.67. The predicted octanol–water partition coefficient (Wildman–Crippen LogP) is 3.95. The summed E-state index contributed by atoms with van der Waals surface area (Å²) < 4.78 is 0. The summed E-state index contributed by atoms with van der Waals surface area (Å²) in [5.74, 6) is 0. The van der Waals surface area contributed by atoms with Crippen LogP contribution in [0, 0.1) is 10.1 Å². The number of anilines is 1. The molecule has 7 heteroatoms. The van der Waals surface area contributed by atoms with E-state index in [-0.39, 0.29) is 10.7 Å². The van der Waals surface area contributed by atoms with E-state index in [0.717, 1.165) is 10.8 Å². The fraction of sp³-hybridized carbons (Fsp3) is 0.250. The van der Waals surface area contributed by atoms with Crippen LogP contribution in [0.4, 0.5) is 10.8 Å². The van der Waals surface area contributed by atoms with Crippen molar-refractivity contribution in [3.8, 4) is 11.3 Å². The minimum Gasteiger partial charge on any atom is -0.359 e. The van der Waals surface area contributed by atoms with E-state index in [4.69, 9.17) is 11.6 Å². The molecule has 1 aliphatic carbocycles. The maximum atomic E-state index is 10.9. The summed E-state index contributed by atoms with van der Waals surface area (Å²) in [6, 6.07) is 5.27. The Kier molecular flexibility index (Phi) is 3.12. The molecule has 2 aromatic rings. The first-order valence-electron chi connectivity index (χ1n) is 5.80. The number of thiazole rings is 1. The van der Waals surface area contributed by atoms with Crippen LogP contribution in [0.5, 0.6) is 0 Å². The maximum Gasteiger partial charge on any atom is 0.288 e. The third-order valence-corrected chi connectivity index (χ3v) is 3.94. The molecule has 1 N–H and O–H groups in total. The van der Waals surface area contributed by atoms with Crippen LogP contribution in [0.25, 0.3) is 11.3 Å². The van der Waals surface area contributed by atoms with Crippen molar-refractivity contribution in [1.29, 1.82) is 0 Å². The molecule has 1 aliphatic rings. The van der Waals surface area contributed by atoms with E-state index < -0.39 is 4.92 Å². The highest BCUT2D eigenvalue weighted by Crippen LogP contribution is 2.33. The monoisotopic (exact) mass is 295 g/mol. The van der Waals surface area contributed by atoms with Crippen molar-refractivity contribution in [1.82, 2.24) is 4.98 Å². The van der Waals surface area contributed by atoms with Crippen LogP contribution < -0.4 is 5.32 Å². The SMILES string of the molecule is O=[N+]([O-])c1cc(-c2csc(NC3CC3)n2)ccc1Cl. The first kappa shape index (κ1) is 12.4. The van der Waals surface area contributed by atoms with Gasteiger partial charge in [0, 0.05) is 23.1 Å². The Morgan fingerprint density at radius 2 is 2.26 bits per heavy atom. The highest BCUT2D eigenvalue weighted by atomic mass is 35.5. The van der Waals surface area contributed by atoms with Crippen LogP contribution in [-0.4, -0.2) is 15.9 Å². The van der Waals surface area contributed by atoms with Crippen molar-refractivity contribution in [2.24, 2.45) is 0 Å². The van der Waals surface area contributed by atoms with Gasteiger partial charge in [0.2, 0.25) is 0 Å². The lowest BCUT2D eigenvalue weighted by Gasteiger charge is -1.99. The average molecular weight is 296 g/mol. The van der Waals surface area contributed by atoms with Crippen LogP contribution in [0.15, 0.2) is 23.6 Å². The van der Waals surface area contributed by atoms with Crippen molar-refractivity contribution in [3.05, 3.63) is 38.7 Å². The van der Waals surface area contributed by atoms with Gasteiger partial charge in [-0.25, -0.2) is 4.98 Å². The number of halogens is 1. The molecular formula is C12H10ClN3O2S. The summed E-state index contributed by atoms with van der Waals surface area (Å²) in [7, 11) is 0. The quantitative estimate of drug-likeness (QED) is 0.685. The van der Waals surface area contributed by atoms with Crippen LogP contribution in [0.3, 0.4) is 0 Å². The van der Waals surface area contributed by atoms with E-state index in [1.54, 1.807) is 6.07 Å². The molecule has 1 heterocycles. The number of nitrogens with one attached hydrogen (secondary N) is 1. The highest BCUT2D eigenvalue weighted by Gasteiger charge is 2.22. The Balaban J connectivity index is 1.90. The zero-order valence-corrected chi connectivity index (χ0v) is 11.4. The molecule has 0 radical (unpaired) electrons. The third-order valence-electron chi connectivity index (χ3n) is 2.85. The summed E-state index contributed by atoms with van der Waals surface area (Å²) in [5, 5.41) is 17.0. The van der Waals surface area contributed by atoms with Gasteiger partial charge in [-0.3, -0.25) is 10.1 Å². The van der Waals surface area contributed by atoms with Crippen LogP contribution in [-0.2, 0) is 0 Å². The molecule has 0 unspecified atom stereocenters. The summed E-state index contributed by atoms with van der Waals surface area (Å²) in [6.07, 6.45) is 2.36. The summed E-state index contributed by atoms with van der Waals surface area (Å²) >= 11 is 7.30. The Labute approximate surface area is 118 Å². The minimum absolute atomic E-state index is 0.0936. The first-order valence-corrected chi connectivity index (χ1v) is 7.05. The molecule has 0 amide bonds. The molecule has 0 atom stereocenters. The first-order chi connectivity index (χ1) is 9.13. The van der Waals surface area contributed by atoms with Crippen molar-refractivity contribution in [3.63, 3.8) is 0 Å². The maximum absolute atomic E-state index is 10.9. The van der Waals surface area contributed by atoms with Gasteiger partial charge in [0.05, 0.1) is 10.6 Å². The van der Waals surface area contributed by atoms with Crippen molar-refractivity contribution in [2.45, 2.75) is 18.9 Å². The van der Waals surface area contributed by atoms with E-state index in [9.17, 15) is 10.1 Å². The zero-order chi connectivity index (χ0) is 13.4. The normalized spacial score (nSPS) is 14.4. The molecule has 3 rings (SSSR count). The number of nitro groups is 1. The van der Waals surface area contributed by atoms with Crippen molar-refractivity contribution >= 4 is 33.8 Å². The molecule has 1 aromatic carbocycles. The third kappa shape index (κ3) is 2.69. The van der Waals surface area contributed by atoms with Gasteiger partial charge in [-0.1, -0.05) is 17.7 Å². The van der Waals surface area contributed by atoms with Gasteiger partial charge >= 0.3 is 0 Å². The zero-order valence-electron chi connectivity index (χ0n) is 9.80. The lowest BCUT2D eigenvalue weighted by atomic mass is 10.1. The molecule has 5 nitrogen and oxygen atoms in total. The Bertz CT molecular complexity index is 640. The lowest BCUT2D eigenvalue weighted by Crippen LogP contribution is -1.99. The van der Waals surface area contributed by atoms with Crippen LogP contribution in [0.1, 0.15) is 12.8 Å². The Morgan fingerprint density at radius 1 is 1.47 bits per heavy atom. The Morgan fingerprint density at radius 3 is 2.95 bits per heavy atom. The molecule has 1 aromatic heterocycles.